The zero-order valence-electron chi connectivity index (χ0n) is 18.8. The lowest BCUT2D eigenvalue weighted by Crippen LogP contribution is -2.37. The summed E-state index contributed by atoms with van der Waals surface area (Å²) in [7, 11) is 4.40. The number of quaternary nitrogens is 1. The highest BCUT2D eigenvalue weighted by molar-refractivity contribution is 5.79. The number of likely N-dealkylation sites (tertiary alicyclic amines) is 2. The summed E-state index contributed by atoms with van der Waals surface area (Å²) in [5, 5.41) is 9.82. The first-order valence-corrected chi connectivity index (χ1v) is 10.9. The van der Waals surface area contributed by atoms with Crippen molar-refractivity contribution in [3.05, 3.63) is 0 Å². The maximum atomic E-state index is 12.6. The molecule has 2 aliphatic rings. The van der Waals surface area contributed by atoms with E-state index in [0.29, 0.717) is 31.2 Å². The third kappa shape index (κ3) is 6.43. The van der Waals surface area contributed by atoms with Crippen LogP contribution in [0.1, 0.15) is 52.9 Å². The zero-order chi connectivity index (χ0) is 21.8. The quantitative estimate of drug-likeness (QED) is 0.441. The van der Waals surface area contributed by atoms with Crippen molar-refractivity contribution in [2.24, 2.45) is 23.2 Å². The molecule has 0 aromatic rings. The molecule has 1 N–H and O–H groups in total. The van der Waals surface area contributed by atoms with Crippen molar-refractivity contribution in [3.8, 4) is 0 Å². The van der Waals surface area contributed by atoms with Gasteiger partial charge in [-0.25, -0.2) is 0 Å². The summed E-state index contributed by atoms with van der Waals surface area (Å²) in [5.74, 6) is -0.779. The van der Waals surface area contributed by atoms with Gasteiger partial charge >= 0.3 is 11.9 Å². The van der Waals surface area contributed by atoms with E-state index in [1.54, 1.807) is 18.7 Å². The van der Waals surface area contributed by atoms with Crippen LogP contribution in [0.25, 0.3) is 0 Å². The lowest BCUT2D eigenvalue weighted by Gasteiger charge is -2.28. The Kier molecular flexibility index (Phi) is 7.71. The third-order valence-corrected chi connectivity index (χ3v) is 6.66. The summed E-state index contributed by atoms with van der Waals surface area (Å²) < 4.78 is 6.34. The molecular formula is C22H39N2O5+. The number of hydrogen-bond acceptors (Lipinski definition) is 4. The number of carbonyl (C=O) groups is 3. The summed E-state index contributed by atoms with van der Waals surface area (Å²) in [6.07, 6.45) is 3.35. The molecule has 3 unspecified atom stereocenters. The topological polar surface area (TPSA) is 83.9 Å². The highest BCUT2D eigenvalue weighted by atomic mass is 16.5. The van der Waals surface area contributed by atoms with E-state index in [1.165, 1.54) is 0 Å². The van der Waals surface area contributed by atoms with Gasteiger partial charge in [-0.05, 0) is 39.5 Å². The minimum atomic E-state index is -0.872. The van der Waals surface area contributed by atoms with Crippen LogP contribution in [0.3, 0.4) is 0 Å². The number of carboxylic acid groups (broad SMARTS) is 1. The van der Waals surface area contributed by atoms with E-state index < -0.39 is 17.3 Å². The number of esters is 1. The molecule has 0 aliphatic carbocycles. The molecule has 0 aromatic heterocycles. The largest absolute Gasteiger partial charge is 0.481 e. The number of ether oxygens (including phenoxy) is 1. The van der Waals surface area contributed by atoms with Gasteiger partial charge in [0.2, 0.25) is 5.91 Å². The van der Waals surface area contributed by atoms with Gasteiger partial charge in [0.05, 0.1) is 45.1 Å². The third-order valence-electron chi connectivity index (χ3n) is 6.66. The monoisotopic (exact) mass is 411 g/mol. The standard InChI is InChI=1S/C22H38N2O5/c1-6-16-14-24(4,5)15-18(16)12-17(20(26)27)13-22(2,3)21(28)29-11-10-23-9-7-8-19(23)25/h16-18H,6-15H2,1-5H3/p+1. The van der Waals surface area contributed by atoms with Crippen molar-refractivity contribution in [2.75, 3.05) is 46.9 Å². The molecule has 2 aliphatic heterocycles. The number of rotatable bonds is 10. The first-order chi connectivity index (χ1) is 13.4. The van der Waals surface area contributed by atoms with E-state index in [2.05, 4.69) is 21.0 Å². The van der Waals surface area contributed by atoms with Gasteiger partial charge in [0.15, 0.2) is 0 Å². The van der Waals surface area contributed by atoms with Crippen molar-refractivity contribution in [1.82, 2.24) is 4.90 Å². The second kappa shape index (κ2) is 9.45. The highest BCUT2D eigenvalue weighted by Gasteiger charge is 2.43. The molecule has 2 heterocycles. The van der Waals surface area contributed by atoms with Crippen LogP contribution in [0.15, 0.2) is 0 Å². The second-order valence-corrected chi connectivity index (χ2v) is 10.2. The minimum absolute atomic E-state index is 0.106. The molecular weight excluding hydrogens is 372 g/mol. The van der Waals surface area contributed by atoms with Crippen molar-refractivity contribution < 1.29 is 28.7 Å². The molecule has 7 heteroatoms. The van der Waals surface area contributed by atoms with Crippen molar-refractivity contribution in [3.63, 3.8) is 0 Å². The SMILES string of the molecule is CCC1C[N+](C)(C)CC1CC(CC(C)(C)C(=O)OCCN1CCCC1=O)C(=O)O. The first-order valence-electron chi connectivity index (χ1n) is 10.9. The van der Waals surface area contributed by atoms with Crippen LogP contribution in [-0.4, -0.2) is 79.2 Å². The van der Waals surface area contributed by atoms with Crippen LogP contribution >= 0.6 is 0 Å². The van der Waals surface area contributed by atoms with Crippen molar-refractivity contribution >= 4 is 17.8 Å². The van der Waals surface area contributed by atoms with Gasteiger partial charge in [0, 0.05) is 24.8 Å². The predicted molar refractivity (Wildman–Crippen MR) is 110 cm³/mol. The summed E-state index contributed by atoms with van der Waals surface area (Å²) >= 11 is 0. The van der Waals surface area contributed by atoms with Gasteiger partial charge in [0.1, 0.15) is 6.61 Å². The Bertz CT molecular complexity index is 616. The van der Waals surface area contributed by atoms with Gasteiger partial charge in [-0.2, -0.15) is 0 Å². The number of amides is 1. The van der Waals surface area contributed by atoms with Gasteiger partial charge in [-0.1, -0.05) is 6.92 Å². The molecule has 166 valence electrons. The molecule has 3 atom stereocenters. The summed E-state index contributed by atoms with van der Waals surface area (Å²) in [5.41, 5.74) is -0.872. The van der Waals surface area contributed by atoms with Crippen LogP contribution in [-0.2, 0) is 19.1 Å². The minimum Gasteiger partial charge on any atom is -0.481 e. The van der Waals surface area contributed by atoms with Crippen LogP contribution < -0.4 is 0 Å². The van der Waals surface area contributed by atoms with Gasteiger partial charge in [-0.3, -0.25) is 14.4 Å². The Morgan fingerprint density at radius 1 is 1.28 bits per heavy atom. The van der Waals surface area contributed by atoms with E-state index in [-0.39, 0.29) is 24.9 Å². The Balaban J connectivity index is 1.90. The van der Waals surface area contributed by atoms with E-state index in [1.807, 2.05) is 0 Å². The Labute approximate surface area is 175 Å². The van der Waals surface area contributed by atoms with E-state index in [9.17, 15) is 19.5 Å². The van der Waals surface area contributed by atoms with Crippen LogP contribution in [0.4, 0.5) is 0 Å². The molecule has 29 heavy (non-hydrogen) atoms. The molecule has 2 rings (SSSR count). The molecule has 2 fully saturated rings. The molecule has 0 spiro atoms. The number of hydrogen-bond donors (Lipinski definition) is 1. The average molecular weight is 412 g/mol. The molecule has 0 radical (unpaired) electrons. The second-order valence-electron chi connectivity index (χ2n) is 10.2. The summed E-state index contributed by atoms with van der Waals surface area (Å²) in [6, 6.07) is 0. The molecule has 7 nitrogen and oxygen atoms in total. The van der Waals surface area contributed by atoms with E-state index in [0.717, 1.165) is 37.0 Å². The fourth-order valence-corrected chi connectivity index (χ4v) is 5.09. The average Bonchev–Trinajstić information content (AvgIpc) is 3.15. The Hall–Kier alpha value is -1.63. The number of carboxylic acids is 1. The Morgan fingerprint density at radius 3 is 2.48 bits per heavy atom. The first kappa shape index (κ1) is 23.6. The molecule has 0 aromatic carbocycles. The Morgan fingerprint density at radius 2 is 1.93 bits per heavy atom. The van der Waals surface area contributed by atoms with Gasteiger partial charge < -0.3 is 19.2 Å². The molecule has 1 amide bonds. The van der Waals surface area contributed by atoms with Gasteiger partial charge in [0.25, 0.3) is 0 Å². The van der Waals surface area contributed by atoms with E-state index >= 15 is 0 Å². The van der Waals surface area contributed by atoms with Crippen LogP contribution in [0.2, 0.25) is 0 Å². The van der Waals surface area contributed by atoms with Crippen molar-refractivity contribution in [2.45, 2.75) is 52.9 Å². The van der Waals surface area contributed by atoms with Crippen LogP contribution in [0, 0.1) is 23.2 Å². The fraction of sp³-hybridized carbons (Fsp3) is 0.864. The maximum Gasteiger partial charge on any atom is 0.311 e. The zero-order valence-corrected chi connectivity index (χ0v) is 18.8. The molecule has 2 saturated heterocycles. The maximum absolute atomic E-state index is 12.6. The summed E-state index contributed by atoms with van der Waals surface area (Å²) in [4.78, 5) is 37.9. The molecule has 0 saturated carbocycles. The highest BCUT2D eigenvalue weighted by Crippen LogP contribution is 2.37. The number of nitrogens with zero attached hydrogens (tertiary/aromatic N) is 2. The van der Waals surface area contributed by atoms with E-state index in [4.69, 9.17) is 4.74 Å². The lowest BCUT2D eigenvalue weighted by atomic mass is 9.77. The normalized spacial score (nSPS) is 25.3. The van der Waals surface area contributed by atoms with Gasteiger partial charge in [-0.15, -0.1) is 0 Å². The lowest BCUT2D eigenvalue weighted by molar-refractivity contribution is -0.880. The molecule has 0 bridgehead atoms. The van der Waals surface area contributed by atoms with Crippen molar-refractivity contribution in [1.29, 1.82) is 0 Å². The number of carbonyl (C=O) groups excluding carboxylic acids is 2. The summed E-state index contributed by atoms with van der Waals surface area (Å²) in [6.45, 7) is 9.05. The fourth-order valence-electron chi connectivity index (χ4n) is 5.09. The predicted octanol–water partition coefficient (Wildman–Crippen LogP) is 2.39. The number of aliphatic carboxylic acids is 1. The van der Waals surface area contributed by atoms with Crippen LogP contribution in [0.5, 0.6) is 0 Å². The smallest absolute Gasteiger partial charge is 0.311 e.